The molecule has 0 saturated carbocycles. The van der Waals surface area contributed by atoms with Gasteiger partial charge in [0.2, 0.25) is 5.91 Å². The molecule has 6 heteroatoms. The molecule has 0 aliphatic carbocycles. The Morgan fingerprint density at radius 1 is 1.42 bits per heavy atom. The number of likely N-dealkylation sites (N-methyl/N-ethyl adjacent to an activating group) is 1. The first-order valence-corrected chi connectivity index (χ1v) is 6.09. The second-order valence-corrected chi connectivity index (χ2v) is 4.78. The van der Waals surface area contributed by atoms with Crippen molar-refractivity contribution in [2.45, 2.75) is 32.7 Å². The summed E-state index contributed by atoms with van der Waals surface area (Å²) in [6.07, 6.45) is 0.576. The van der Waals surface area contributed by atoms with E-state index in [1.165, 1.54) is 6.07 Å². The molecule has 0 aromatic heterocycles. The monoisotopic (exact) mass is 265 g/mol. The first-order chi connectivity index (χ1) is 8.81. The Bertz CT molecular complexity index is 498. The van der Waals surface area contributed by atoms with E-state index in [0.717, 1.165) is 0 Å². The summed E-state index contributed by atoms with van der Waals surface area (Å²) in [4.78, 5) is 22.5. The molecule has 1 aromatic carbocycles. The topological polar surface area (TPSA) is 84.3 Å². The van der Waals surface area contributed by atoms with Crippen molar-refractivity contribution >= 4 is 17.3 Å². The van der Waals surface area contributed by atoms with E-state index in [1.54, 1.807) is 33.0 Å². The number of anilines is 1. The van der Waals surface area contributed by atoms with Crippen molar-refractivity contribution in [1.29, 1.82) is 0 Å². The van der Waals surface area contributed by atoms with E-state index in [-0.39, 0.29) is 11.6 Å². The molecule has 0 aliphatic rings. The molecule has 1 rings (SSSR count). The molecule has 1 amide bonds. The molecule has 2 N–H and O–H groups in total. The van der Waals surface area contributed by atoms with Gasteiger partial charge in [-0.05, 0) is 33.4 Å². The van der Waals surface area contributed by atoms with Crippen LogP contribution in [0.3, 0.4) is 0 Å². The minimum Gasteiger partial charge on any atom is -0.324 e. The molecule has 0 heterocycles. The van der Waals surface area contributed by atoms with E-state index < -0.39 is 10.5 Å². The van der Waals surface area contributed by atoms with Crippen LogP contribution in [0.2, 0.25) is 0 Å². The lowest BCUT2D eigenvalue weighted by molar-refractivity contribution is -0.385. The molecule has 0 spiro atoms. The molecule has 0 radical (unpaired) electrons. The lowest BCUT2D eigenvalue weighted by atomic mass is 10.0. The van der Waals surface area contributed by atoms with E-state index in [4.69, 9.17) is 0 Å². The minimum atomic E-state index is -0.738. The van der Waals surface area contributed by atoms with Crippen LogP contribution in [0.15, 0.2) is 18.2 Å². The fourth-order valence-corrected chi connectivity index (χ4v) is 1.51. The van der Waals surface area contributed by atoms with Gasteiger partial charge in [-0.25, -0.2) is 0 Å². The molecule has 19 heavy (non-hydrogen) atoms. The molecular formula is C13H19N3O3. The number of carbonyl (C=O) groups excluding carboxylic acids is 1. The zero-order valence-corrected chi connectivity index (χ0v) is 11.6. The van der Waals surface area contributed by atoms with E-state index in [0.29, 0.717) is 17.7 Å². The molecular weight excluding hydrogens is 246 g/mol. The first kappa shape index (κ1) is 15.1. The van der Waals surface area contributed by atoms with Crippen molar-refractivity contribution in [3.05, 3.63) is 33.9 Å². The highest BCUT2D eigenvalue weighted by molar-refractivity contribution is 5.97. The Balaban J connectivity index is 3.01. The summed E-state index contributed by atoms with van der Waals surface area (Å²) < 4.78 is 0. The Labute approximate surface area is 112 Å². The summed E-state index contributed by atoms with van der Waals surface area (Å²) in [6.45, 7) is 5.32. The van der Waals surface area contributed by atoms with Gasteiger partial charge in [0.15, 0.2) is 0 Å². The number of nitro benzene ring substituents is 1. The Morgan fingerprint density at radius 2 is 2.05 bits per heavy atom. The van der Waals surface area contributed by atoms with E-state index >= 15 is 0 Å². The fraction of sp³-hybridized carbons (Fsp3) is 0.462. The number of amides is 1. The number of carbonyl (C=O) groups is 1. The van der Waals surface area contributed by atoms with Crippen LogP contribution in [-0.2, 0) is 11.2 Å². The van der Waals surface area contributed by atoms with E-state index in [9.17, 15) is 14.9 Å². The van der Waals surface area contributed by atoms with Crippen LogP contribution >= 0.6 is 0 Å². The van der Waals surface area contributed by atoms with Gasteiger partial charge in [-0.3, -0.25) is 14.9 Å². The fourth-order valence-electron chi connectivity index (χ4n) is 1.51. The molecule has 1 aromatic rings. The molecule has 0 atom stereocenters. The van der Waals surface area contributed by atoms with Gasteiger partial charge in [0, 0.05) is 17.3 Å². The summed E-state index contributed by atoms with van der Waals surface area (Å²) in [7, 11) is 1.68. The Kier molecular flexibility index (Phi) is 4.61. The van der Waals surface area contributed by atoms with Crippen molar-refractivity contribution < 1.29 is 9.72 Å². The lowest BCUT2D eigenvalue weighted by Crippen LogP contribution is -2.47. The predicted octanol–water partition coefficient (Wildman–Crippen LogP) is 2.09. The standard InChI is InChI=1S/C13H19N3O3/c1-5-9-6-7-10(8-11(9)16(18)19)15-12(17)13(2,3)14-4/h6-8,14H,5H2,1-4H3,(H,15,17). The average Bonchev–Trinajstić information content (AvgIpc) is 2.38. The molecule has 0 unspecified atom stereocenters. The van der Waals surface area contributed by atoms with Crippen LogP contribution in [0.25, 0.3) is 0 Å². The van der Waals surface area contributed by atoms with Crippen LogP contribution in [0.1, 0.15) is 26.3 Å². The minimum absolute atomic E-state index is 0.0302. The van der Waals surface area contributed by atoms with Gasteiger partial charge in [-0.1, -0.05) is 13.0 Å². The largest absolute Gasteiger partial charge is 0.324 e. The molecule has 6 nitrogen and oxygen atoms in total. The normalized spacial score (nSPS) is 11.2. The molecule has 0 fully saturated rings. The summed E-state index contributed by atoms with van der Waals surface area (Å²) in [5.74, 6) is -0.242. The van der Waals surface area contributed by atoms with Gasteiger partial charge in [0.25, 0.3) is 5.69 Å². The number of nitrogens with zero attached hydrogens (tertiary/aromatic N) is 1. The van der Waals surface area contributed by atoms with Crippen molar-refractivity contribution in [1.82, 2.24) is 5.32 Å². The molecule has 0 bridgehead atoms. The van der Waals surface area contributed by atoms with E-state index in [2.05, 4.69) is 10.6 Å². The van der Waals surface area contributed by atoms with Crippen molar-refractivity contribution in [3.8, 4) is 0 Å². The third-order valence-electron chi connectivity index (χ3n) is 3.11. The maximum atomic E-state index is 12.0. The van der Waals surface area contributed by atoms with Gasteiger partial charge in [-0.2, -0.15) is 0 Å². The van der Waals surface area contributed by atoms with Crippen LogP contribution < -0.4 is 10.6 Å². The SMILES string of the molecule is CCc1ccc(NC(=O)C(C)(C)NC)cc1[N+](=O)[O-]. The summed E-state index contributed by atoms with van der Waals surface area (Å²) in [6, 6.07) is 4.73. The number of benzene rings is 1. The van der Waals surface area contributed by atoms with Crippen LogP contribution in [-0.4, -0.2) is 23.4 Å². The summed E-state index contributed by atoms with van der Waals surface area (Å²) >= 11 is 0. The molecule has 0 aliphatic heterocycles. The highest BCUT2D eigenvalue weighted by Gasteiger charge is 2.25. The van der Waals surface area contributed by atoms with Crippen molar-refractivity contribution in [2.75, 3.05) is 12.4 Å². The highest BCUT2D eigenvalue weighted by atomic mass is 16.6. The Hall–Kier alpha value is -1.95. The van der Waals surface area contributed by atoms with E-state index in [1.807, 2.05) is 6.92 Å². The van der Waals surface area contributed by atoms with Gasteiger partial charge >= 0.3 is 0 Å². The second-order valence-electron chi connectivity index (χ2n) is 4.78. The molecule has 0 saturated heterocycles. The van der Waals surface area contributed by atoms with Crippen molar-refractivity contribution in [3.63, 3.8) is 0 Å². The third kappa shape index (κ3) is 3.51. The molecule has 104 valence electrons. The lowest BCUT2D eigenvalue weighted by Gasteiger charge is -2.22. The van der Waals surface area contributed by atoms with Crippen LogP contribution in [0.5, 0.6) is 0 Å². The van der Waals surface area contributed by atoms with Crippen LogP contribution in [0, 0.1) is 10.1 Å². The maximum Gasteiger partial charge on any atom is 0.274 e. The Morgan fingerprint density at radius 3 is 2.53 bits per heavy atom. The number of aryl methyl sites for hydroxylation is 1. The van der Waals surface area contributed by atoms with Gasteiger partial charge in [0.1, 0.15) is 0 Å². The third-order valence-corrected chi connectivity index (χ3v) is 3.11. The maximum absolute atomic E-state index is 12.0. The summed E-state index contributed by atoms with van der Waals surface area (Å²) in [5, 5.41) is 16.5. The average molecular weight is 265 g/mol. The van der Waals surface area contributed by atoms with Crippen molar-refractivity contribution in [2.24, 2.45) is 0 Å². The summed E-state index contributed by atoms with van der Waals surface area (Å²) in [5.41, 5.74) is 0.369. The van der Waals surface area contributed by atoms with Gasteiger partial charge in [-0.15, -0.1) is 0 Å². The first-order valence-electron chi connectivity index (χ1n) is 6.09. The number of nitro groups is 1. The number of rotatable bonds is 5. The highest BCUT2D eigenvalue weighted by Crippen LogP contribution is 2.24. The smallest absolute Gasteiger partial charge is 0.274 e. The zero-order valence-electron chi connectivity index (χ0n) is 11.6. The number of hydrogen-bond donors (Lipinski definition) is 2. The number of hydrogen-bond acceptors (Lipinski definition) is 4. The number of nitrogens with one attached hydrogen (secondary N) is 2. The van der Waals surface area contributed by atoms with Gasteiger partial charge < -0.3 is 10.6 Å². The quantitative estimate of drug-likeness (QED) is 0.630. The zero-order chi connectivity index (χ0) is 14.6. The predicted molar refractivity (Wildman–Crippen MR) is 74.2 cm³/mol. The van der Waals surface area contributed by atoms with Gasteiger partial charge in [0.05, 0.1) is 10.5 Å². The van der Waals surface area contributed by atoms with Crippen LogP contribution in [0.4, 0.5) is 11.4 Å². The second kappa shape index (κ2) is 5.79.